The van der Waals surface area contributed by atoms with Crippen LogP contribution in [0.2, 0.25) is 0 Å². The van der Waals surface area contributed by atoms with E-state index in [1.54, 1.807) is 36.4 Å². The predicted molar refractivity (Wildman–Crippen MR) is 128 cm³/mol. The Kier molecular flexibility index (Phi) is 8.81. The molecule has 0 radical (unpaired) electrons. The van der Waals surface area contributed by atoms with E-state index in [-0.39, 0.29) is 18.1 Å². The fraction of sp³-hybridized carbons (Fsp3) is 0.148. The second-order valence-electron chi connectivity index (χ2n) is 7.26. The number of benzene rings is 3. The van der Waals surface area contributed by atoms with E-state index in [0.29, 0.717) is 23.5 Å². The lowest BCUT2D eigenvalue weighted by Gasteiger charge is -2.10. The van der Waals surface area contributed by atoms with E-state index in [1.807, 2.05) is 54.6 Å². The van der Waals surface area contributed by atoms with Crippen molar-refractivity contribution < 1.29 is 14.3 Å². The number of carbonyl (C=O) groups excluding carboxylic acids is 2. The van der Waals surface area contributed by atoms with Gasteiger partial charge in [-0.3, -0.25) is 9.59 Å². The van der Waals surface area contributed by atoms with Gasteiger partial charge in [0.05, 0.1) is 0 Å². The molecule has 0 spiro atoms. The smallest absolute Gasteiger partial charge is 0.262 e. The van der Waals surface area contributed by atoms with E-state index in [2.05, 4.69) is 10.6 Å². The third-order valence-corrected chi connectivity index (χ3v) is 4.77. The van der Waals surface area contributed by atoms with Crippen molar-refractivity contribution in [2.45, 2.75) is 12.8 Å². The Balaban J connectivity index is 1.56. The molecule has 0 unspecified atom stereocenters. The van der Waals surface area contributed by atoms with Crippen LogP contribution in [0.1, 0.15) is 17.5 Å². The van der Waals surface area contributed by atoms with Crippen molar-refractivity contribution in [2.75, 3.05) is 18.5 Å². The number of rotatable bonds is 10. The number of ether oxygens (including phenoxy) is 1. The van der Waals surface area contributed by atoms with Gasteiger partial charge in [0.15, 0.2) is 6.61 Å². The van der Waals surface area contributed by atoms with Crippen molar-refractivity contribution >= 4 is 23.6 Å². The van der Waals surface area contributed by atoms with Crippen LogP contribution in [0.25, 0.3) is 6.08 Å². The highest BCUT2D eigenvalue weighted by atomic mass is 16.5. The molecule has 0 bridgehead atoms. The van der Waals surface area contributed by atoms with Crippen LogP contribution in [-0.4, -0.2) is 25.0 Å². The van der Waals surface area contributed by atoms with Crippen molar-refractivity contribution in [1.82, 2.24) is 5.32 Å². The molecule has 6 nitrogen and oxygen atoms in total. The summed E-state index contributed by atoms with van der Waals surface area (Å²) in [5, 5.41) is 15.0. The third kappa shape index (κ3) is 7.67. The summed E-state index contributed by atoms with van der Waals surface area (Å²) >= 11 is 0. The molecule has 0 aliphatic carbocycles. The molecule has 0 saturated carbocycles. The number of nitrogens with zero attached hydrogens (tertiary/aromatic N) is 1. The Bertz CT molecular complexity index is 1140. The van der Waals surface area contributed by atoms with Gasteiger partial charge in [0.2, 0.25) is 0 Å². The lowest BCUT2D eigenvalue weighted by Crippen LogP contribution is -2.25. The van der Waals surface area contributed by atoms with E-state index in [4.69, 9.17) is 4.74 Å². The van der Waals surface area contributed by atoms with Crippen molar-refractivity contribution in [3.05, 3.63) is 102 Å². The number of amides is 2. The van der Waals surface area contributed by atoms with Crippen LogP contribution in [0, 0.1) is 11.3 Å². The average molecular weight is 440 g/mol. The monoisotopic (exact) mass is 439 g/mol. The molecule has 33 heavy (non-hydrogen) atoms. The summed E-state index contributed by atoms with van der Waals surface area (Å²) in [6, 6.07) is 28.0. The molecule has 2 amide bonds. The van der Waals surface area contributed by atoms with Crippen LogP contribution in [0.4, 0.5) is 5.69 Å². The van der Waals surface area contributed by atoms with Crippen LogP contribution in [0.3, 0.4) is 0 Å². The van der Waals surface area contributed by atoms with Crippen LogP contribution >= 0.6 is 0 Å². The van der Waals surface area contributed by atoms with Gasteiger partial charge >= 0.3 is 0 Å². The molecule has 0 aromatic heterocycles. The Labute approximate surface area is 193 Å². The van der Waals surface area contributed by atoms with Crippen LogP contribution in [-0.2, 0) is 16.0 Å². The van der Waals surface area contributed by atoms with Gasteiger partial charge in [-0.1, -0.05) is 66.7 Å². The number of carbonyl (C=O) groups is 2. The number of anilines is 1. The lowest BCUT2D eigenvalue weighted by molar-refractivity contribution is -0.118. The highest BCUT2D eigenvalue weighted by Gasteiger charge is 2.11. The average Bonchev–Trinajstić information content (AvgIpc) is 2.85. The Hall–Kier alpha value is -4.37. The van der Waals surface area contributed by atoms with Gasteiger partial charge in [0, 0.05) is 17.8 Å². The largest absolute Gasteiger partial charge is 0.483 e. The van der Waals surface area contributed by atoms with Crippen molar-refractivity contribution in [3.8, 4) is 11.8 Å². The number of nitrogens with one attached hydrogen (secondary N) is 2. The first-order chi connectivity index (χ1) is 16.2. The number of nitriles is 1. The summed E-state index contributed by atoms with van der Waals surface area (Å²) in [7, 11) is 0. The summed E-state index contributed by atoms with van der Waals surface area (Å²) in [6.45, 7) is 0.262. The molecule has 0 atom stereocenters. The lowest BCUT2D eigenvalue weighted by atomic mass is 10.1. The van der Waals surface area contributed by atoms with E-state index < -0.39 is 5.91 Å². The van der Waals surface area contributed by atoms with E-state index in [0.717, 1.165) is 12.8 Å². The molecule has 0 saturated heterocycles. The van der Waals surface area contributed by atoms with Crippen LogP contribution < -0.4 is 15.4 Å². The predicted octanol–water partition coefficient (Wildman–Crippen LogP) is 4.36. The molecule has 3 rings (SSSR count). The summed E-state index contributed by atoms with van der Waals surface area (Å²) in [4.78, 5) is 24.6. The second kappa shape index (κ2) is 12.5. The SMILES string of the molecule is N#C/C(=C/c1ccccc1OCC(=O)Nc1ccccc1)C(=O)NCCCc1ccccc1. The molecule has 3 aromatic carbocycles. The zero-order valence-corrected chi connectivity index (χ0v) is 18.2. The Morgan fingerprint density at radius 3 is 2.30 bits per heavy atom. The Morgan fingerprint density at radius 1 is 0.909 bits per heavy atom. The molecule has 0 heterocycles. The normalized spacial score (nSPS) is 10.7. The van der Waals surface area contributed by atoms with E-state index in [1.165, 1.54) is 11.6 Å². The molecule has 6 heteroatoms. The first kappa shape index (κ1) is 23.3. The third-order valence-electron chi connectivity index (χ3n) is 4.77. The maximum atomic E-state index is 12.5. The number of hydrogen-bond donors (Lipinski definition) is 2. The zero-order chi connectivity index (χ0) is 23.3. The zero-order valence-electron chi connectivity index (χ0n) is 18.2. The van der Waals surface area contributed by atoms with Gasteiger partial charge in [-0.2, -0.15) is 5.26 Å². The summed E-state index contributed by atoms with van der Waals surface area (Å²) in [5.41, 5.74) is 2.39. The first-order valence-electron chi connectivity index (χ1n) is 10.7. The van der Waals surface area contributed by atoms with Gasteiger partial charge in [-0.25, -0.2) is 0 Å². The van der Waals surface area contributed by atoms with Crippen molar-refractivity contribution in [2.24, 2.45) is 0 Å². The number of para-hydroxylation sites is 2. The summed E-state index contributed by atoms with van der Waals surface area (Å²) < 4.78 is 5.65. The first-order valence-corrected chi connectivity index (χ1v) is 10.7. The molecular formula is C27H25N3O3. The minimum atomic E-state index is -0.442. The highest BCUT2D eigenvalue weighted by Crippen LogP contribution is 2.21. The van der Waals surface area contributed by atoms with Gasteiger partial charge in [-0.15, -0.1) is 0 Å². The molecule has 0 aliphatic heterocycles. The quantitative estimate of drug-likeness (QED) is 0.279. The maximum absolute atomic E-state index is 12.5. The second-order valence-corrected chi connectivity index (χ2v) is 7.26. The fourth-order valence-electron chi connectivity index (χ4n) is 3.13. The summed E-state index contributed by atoms with van der Waals surface area (Å²) in [5.74, 6) is -0.343. The van der Waals surface area contributed by atoms with Crippen LogP contribution in [0.5, 0.6) is 5.75 Å². The number of aryl methyl sites for hydroxylation is 1. The van der Waals surface area contributed by atoms with Crippen molar-refractivity contribution in [3.63, 3.8) is 0 Å². The standard InChI is InChI=1S/C27H25N3O3/c28-19-23(27(32)29-17-9-12-21-10-3-1-4-11-21)18-22-13-7-8-16-25(22)33-20-26(31)30-24-14-5-2-6-15-24/h1-8,10-11,13-16,18H,9,12,17,20H2,(H,29,32)(H,30,31)/b23-18-. The minimum absolute atomic E-state index is 0.0282. The fourth-order valence-corrected chi connectivity index (χ4v) is 3.13. The molecule has 3 aromatic rings. The van der Waals surface area contributed by atoms with E-state index >= 15 is 0 Å². The van der Waals surface area contributed by atoms with E-state index in [9.17, 15) is 14.9 Å². The molecular weight excluding hydrogens is 414 g/mol. The van der Waals surface area contributed by atoms with Gasteiger partial charge < -0.3 is 15.4 Å². The number of hydrogen-bond acceptors (Lipinski definition) is 4. The molecule has 166 valence electrons. The summed E-state index contributed by atoms with van der Waals surface area (Å²) in [6.07, 6.45) is 3.08. The maximum Gasteiger partial charge on any atom is 0.262 e. The minimum Gasteiger partial charge on any atom is -0.483 e. The van der Waals surface area contributed by atoms with Crippen molar-refractivity contribution in [1.29, 1.82) is 5.26 Å². The highest BCUT2D eigenvalue weighted by molar-refractivity contribution is 6.02. The molecule has 0 fully saturated rings. The van der Waals surface area contributed by atoms with Crippen LogP contribution in [0.15, 0.2) is 90.5 Å². The van der Waals surface area contributed by atoms with Gasteiger partial charge in [-0.05, 0) is 42.7 Å². The Morgan fingerprint density at radius 2 is 1.58 bits per heavy atom. The molecule has 0 aliphatic rings. The van der Waals surface area contributed by atoms with Gasteiger partial charge in [0.1, 0.15) is 17.4 Å². The van der Waals surface area contributed by atoms with Gasteiger partial charge in [0.25, 0.3) is 11.8 Å². The molecule has 2 N–H and O–H groups in total. The topological polar surface area (TPSA) is 91.2 Å².